The van der Waals surface area contributed by atoms with Crippen molar-refractivity contribution >= 4 is 41.7 Å². The molecule has 0 saturated carbocycles. The number of imide groups is 2. The number of esters is 1. The van der Waals surface area contributed by atoms with Gasteiger partial charge in [-0.25, -0.2) is 14.5 Å². The Morgan fingerprint density at radius 1 is 0.895 bits per heavy atom. The van der Waals surface area contributed by atoms with Crippen LogP contribution in [0.2, 0.25) is 0 Å². The van der Waals surface area contributed by atoms with Crippen LogP contribution in [0.25, 0.3) is 12.2 Å². The molecule has 9 nitrogen and oxygen atoms in total. The number of anilines is 1. The van der Waals surface area contributed by atoms with Gasteiger partial charge in [0.1, 0.15) is 11.3 Å². The molecule has 0 radical (unpaired) electrons. The Hall–Kier alpha value is -5.18. The topological polar surface area (TPSA) is 111 Å². The molecular formula is C29H24N2O7. The van der Waals surface area contributed by atoms with Crippen LogP contribution in [-0.4, -0.2) is 37.5 Å². The van der Waals surface area contributed by atoms with Crippen LogP contribution in [0.4, 0.5) is 10.5 Å². The number of carbonyl (C=O) groups is 4. The van der Waals surface area contributed by atoms with Crippen molar-refractivity contribution in [2.75, 3.05) is 18.6 Å². The number of para-hydroxylation sites is 2. The minimum Gasteiger partial charge on any atom is -0.495 e. The number of hydrogen-bond acceptors (Lipinski definition) is 7. The summed E-state index contributed by atoms with van der Waals surface area (Å²) in [6.45, 7) is 2.04. The molecule has 0 aliphatic carbocycles. The second-order valence-corrected chi connectivity index (χ2v) is 7.93. The van der Waals surface area contributed by atoms with Crippen LogP contribution in [0.15, 0.2) is 84.4 Å². The molecule has 3 aromatic rings. The third kappa shape index (κ3) is 5.79. The summed E-state index contributed by atoms with van der Waals surface area (Å²) in [5.41, 5.74) is 1.18. The van der Waals surface area contributed by atoms with Gasteiger partial charge in [0.25, 0.3) is 11.8 Å². The standard InChI is InChI=1S/C29H24N2O7/c1-3-37-25-18-20(13-15-24(25)38-26(32)16-14-19-9-5-4-6-10-19)17-21-27(33)30-29(35)31(28(21)34)22-11-7-8-12-23(22)36-2/h4-18H,3H2,1-2H3,(H,30,33,35)/b16-14+,21-17+. The Labute approximate surface area is 218 Å². The molecule has 4 rings (SSSR count). The summed E-state index contributed by atoms with van der Waals surface area (Å²) in [7, 11) is 1.41. The maximum absolute atomic E-state index is 13.2. The highest BCUT2D eigenvalue weighted by atomic mass is 16.6. The van der Waals surface area contributed by atoms with Crippen molar-refractivity contribution in [2.45, 2.75) is 6.92 Å². The predicted molar refractivity (Wildman–Crippen MR) is 141 cm³/mol. The summed E-state index contributed by atoms with van der Waals surface area (Å²) in [4.78, 5) is 51.5. The van der Waals surface area contributed by atoms with Gasteiger partial charge in [0.2, 0.25) is 0 Å². The van der Waals surface area contributed by atoms with E-state index in [9.17, 15) is 19.2 Å². The van der Waals surface area contributed by atoms with Crippen molar-refractivity contribution in [2.24, 2.45) is 0 Å². The highest BCUT2D eigenvalue weighted by molar-refractivity contribution is 6.39. The minimum atomic E-state index is -0.887. The first-order chi connectivity index (χ1) is 18.4. The monoisotopic (exact) mass is 512 g/mol. The molecule has 1 N–H and O–H groups in total. The lowest BCUT2D eigenvalue weighted by atomic mass is 10.1. The second-order valence-electron chi connectivity index (χ2n) is 7.93. The molecule has 0 spiro atoms. The maximum Gasteiger partial charge on any atom is 0.336 e. The zero-order chi connectivity index (χ0) is 27.1. The molecule has 0 atom stereocenters. The van der Waals surface area contributed by atoms with E-state index >= 15 is 0 Å². The van der Waals surface area contributed by atoms with E-state index < -0.39 is 23.8 Å². The Bertz CT molecular complexity index is 1440. The molecule has 9 heteroatoms. The minimum absolute atomic E-state index is 0.168. The highest BCUT2D eigenvalue weighted by Crippen LogP contribution is 2.32. The molecular weight excluding hydrogens is 488 g/mol. The van der Waals surface area contributed by atoms with E-state index in [2.05, 4.69) is 5.32 Å². The number of amides is 4. The van der Waals surface area contributed by atoms with Gasteiger partial charge in [-0.05, 0) is 54.5 Å². The van der Waals surface area contributed by atoms with Crippen molar-refractivity contribution in [3.8, 4) is 17.2 Å². The highest BCUT2D eigenvalue weighted by Gasteiger charge is 2.38. The zero-order valence-corrected chi connectivity index (χ0v) is 20.7. The number of hydrogen-bond donors (Lipinski definition) is 1. The summed E-state index contributed by atoms with van der Waals surface area (Å²) >= 11 is 0. The molecule has 1 aliphatic rings. The lowest BCUT2D eigenvalue weighted by Gasteiger charge is -2.27. The van der Waals surface area contributed by atoms with E-state index in [0.29, 0.717) is 5.56 Å². The average Bonchev–Trinajstić information content (AvgIpc) is 2.92. The molecule has 1 fully saturated rings. The molecule has 192 valence electrons. The first-order valence-corrected chi connectivity index (χ1v) is 11.7. The SMILES string of the molecule is CCOc1cc(/C=C2\C(=O)NC(=O)N(c3ccccc3OC)C2=O)ccc1OC(=O)/C=C/c1ccccc1. The van der Waals surface area contributed by atoms with Gasteiger partial charge >= 0.3 is 12.0 Å². The van der Waals surface area contributed by atoms with Crippen LogP contribution in [0.5, 0.6) is 17.2 Å². The Morgan fingerprint density at radius 3 is 2.37 bits per heavy atom. The number of nitrogens with one attached hydrogen (secondary N) is 1. The number of ether oxygens (including phenoxy) is 3. The Kier molecular flexibility index (Phi) is 7.98. The fourth-order valence-electron chi connectivity index (χ4n) is 3.70. The van der Waals surface area contributed by atoms with Gasteiger partial charge in [0.15, 0.2) is 11.5 Å². The van der Waals surface area contributed by atoms with E-state index in [-0.39, 0.29) is 35.1 Å². The number of nitrogens with zero attached hydrogens (tertiary/aromatic N) is 1. The Morgan fingerprint density at radius 2 is 1.63 bits per heavy atom. The van der Waals surface area contributed by atoms with Gasteiger partial charge in [0.05, 0.1) is 19.4 Å². The van der Waals surface area contributed by atoms with Crippen LogP contribution < -0.4 is 24.4 Å². The van der Waals surface area contributed by atoms with Gasteiger partial charge in [-0.3, -0.25) is 14.9 Å². The van der Waals surface area contributed by atoms with Crippen LogP contribution in [0.3, 0.4) is 0 Å². The molecule has 0 bridgehead atoms. The van der Waals surface area contributed by atoms with E-state index in [1.165, 1.54) is 37.5 Å². The number of urea groups is 1. The van der Waals surface area contributed by atoms with Crippen LogP contribution in [-0.2, 0) is 14.4 Å². The molecule has 1 heterocycles. The fourth-order valence-corrected chi connectivity index (χ4v) is 3.70. The normalized spacial score (nSPS) is 14.5. The van der Waals surface area contributed by atoms with E-state index in [0.717, 1.165) is 10.5 Å². The lowest BCUT2D eigenvalue weighted by Crippen LogP contribution is -2.54. The van der Waals surface area contributed by atoms with Crippen LogP contribution >= 0.6 is 0 Å². The van der Waals surface area contributed by atoms with Crippen LogP contribution in [0.1, 0.15) is 18.1 Å². The number of carbonyl (C=O) groups excluding carboxylic acids is 4. The Balaban J connectivity index is 1.60. The summed E-state index contributed by atoms with van der Waals surface area (Å²) in [6.07, 6.45) is 4.26. The average molecular weight is 513 g/mol. The smallest absolute Gasteiger partial charge is 0.336 e. The first kappa shape index (κ1) is 25.9. The molecule has 1 aliphatic heterocycles. The largest absolute Gasteiger partial charge is 0.495 e. The first-order valence-electron chi connectivity index (χ1n) is 11.7. The number of rotatable bonds is 8. The van der Waals surface area contributed by atoms with E-state index in [1.807, 2.05) is 30.3 Å². The maximum atomic E-state index is 13.2. The van der Waals surface area contributed by atoms with Crippen molar-refractivity contribution < 1.29 is 33.4 Å². The predicted octanol–water partition coefficient (Wildman–Crippen LogP) is 4.38. The van der Waals surface area contributed by atoms with Gasteiger partial charge in [0, 0.05) is 6.08 Å². The second kappa shape index (κ2) is 11.7. The van der Waals surface area contributed by atoms with Gasteiger partial charge in [-0.1, -0.05) is 48.5 Å². The summed E-state index contributed by atoms with van der Waals surface area (Å²) < 4.78 is 16.3. The fraction of sp³-hybridized carbons (Fsp3) is 0.103. The van der Waals surface area contributed by atoms with Gasteiger partial charge < -0.3 is 14.2 Å². The van der Waals surface area contributed by atoms with Gasteiger partial charge in [-0.15, -0.1) is 0 Å². The van der Waals surface area contributed by atoms with E-state index in [1.54, 1.807) is 37.3 Å². The summed E-state index contributed by atoms with van der Waals surface area (Å²) in [5, 5.41) is 2.18. The molecule has 0 unspecified atom stereocenters. The number of methoxy groups -OCH3 is 1. The third-order valence-electron chi connectivity index (χ3n) is 5.43. The molecule has 3 aromatic carbocycles. The van der Waals surface area contributed by atoms with Crippen molar-refractivity contribution in [3.63, 3.8) is 0 Å². The number of benzene rings is 3. The molecule has 38 heavy (non-hydrogen) atoms. The number of barbiturate groups is 1. The molecule has 0 aromatic heterocycles. The summed E-state index contributed by atoms with van der Waals surface area (Å²) in [5.74, 6) is -1.57. The lowest BCUT2D eigenvalue weighted by molar-refractivity contribution is -0.129. The summed E-state index contributed by atoms with van der Waals surface area (Å²) in [6, 6.07) is 19.5. The van der Waals surface area contributed by atoms with Crippen molar-refractivity contribution in [1.29, 1.82) is 0 Å². The molecule has 1 saturated heterocycles. The van der Waals surface area contributed by atoms with Gasteiger partial charge in [-0.2, -0.15) is 0 Å². The van der Waals surface area contributed by atoms with Crippen molar-refractivity contribution in [3.05, 3.63) is 95.6 Å². The van der Waals surface area contributed by atoms with E-state index in [4.69, 9.17) is 14.2 Å². The molecule has 4 amide bonds. The van der Waals surface area contributed by atoms with Crippen LogP contribution in [0, 0.1) is 0 Å². The third-order valence-corrected chi connectivity index (χ3v) is 5.43. The zero-order valence-electron chi connectivity index (χ0n) is 20.7. The van der Waals surface area contributed by atoms with Crippen molar-refractivity contribution in [1.82, 2.24) is 5.32 Å². The quantitative estimate of drug-likeness (QED) is 0.206.